The predicted octanol–water partition coefficient (Wildman–Crippen LogP) is 2.53. The molecule has 19 heavy (non-hydrogen) atoms. The second-order valence-corrected chi connectivity index (χ2v) is 5.83. The van der Waals surface area contributed by atoms with E-state index in [9.17, 15) is 14.0 Å². The van der Waals surface area contributed by atoms with Crippen LogP contribution in [0, 0.1) is 11.2 Å². The largest absolute Gasteiger partial charge is 0.481 e. The van der Waals surface area contributed by atoms with Gasteiger partial charge in [-0.25, -0.2) is 4.39 Å². The highest BCUT2D eigenvalue weighted by Crippen LogP contribution is 2.31. The Morgan fingerprint density at radius 1 is 1.47 bits per heavy atom. The molecule has 0 aliphatic carbocycles. The van der Waals surface area contributed by atoms with Crippen LogP contribution in [0.4, 0.5) is 4.39 Å². The summed E-state index contributed by atoms with van der Waals surface area (Å²) in [5, 5.41) is 9.13. The van der Waals surface area contributed by atoms with E-state index in [1.807, 2.05) is 0 Å². The molecule has 1 aliphatic rings. The van der Waals surface area contributed by atoms with E-state index in [1.54, 1.807) is 6.92 Å². The molecule has 0 bridgehead atoms. The highest BCUT2D eigenvalue weighted by Gasteiger charge is 2.42. The first kappa shape index (κ1) is 14.0. The molecule has 1 aliphatic heterocycles. The quantitative estimate of drug-likeness (QED) is 0.907. The van der Waals surface area contributed by atoms with Gasteiger partial charge in [-0.1, -0.05) is 0 Å². The maximum Gasteiger partial charge on any atom is 0.311 e. The van der Waals surface area contributed by atoms with Crippen molar-refractivity contribution >= 4 is 27.8 Å². The van der Waals surface area contributed by atoms with Crippen LogP contribution in [0.5, 0.6) is 0 Å². The lowest BCUT2D eigenvalue weighted by atomic mass is 9.90. The van der Waals surface area contributed by atoms with Crippen molar-refractivity contribution in [2.75, 3.05) is 13.1 Å². The lowest BCUT2D eigenvalue weighted by Gasteiger charge is -2.20. The molecule has 1 heterocycles. The molecule has 1 unspecified atom stereocenters. The standard InChI is InChI=1S/C13H13BrFNO3/c1-13(12(18)19)4-5-16(7-13)11(17)8-2-3-10(15)9(14)6-8/h2-3,6H,4-5,7H2,1H3,(H,18,19). The molecule has 1 aromatic carbocycles. The van der Waals surface area contributed by atoms with Crippen molar-refractivity contribution < 1.29 is 19.1 Å². The average molecular weight is 330 g/mol. The zero-order chi connectivity index (χ0) is 14.2. The van der Waals surface area contributed by atoms with Crippen LogP contribution in [0.15, 0.2) is 22.7 Å². The van der Waals surface area contributed by atoms with Gasteiger partial charge in [-0.2, -0.15) is 0 Å². The lowest BCUT2D eigenvalue weighted by Crippen LogP contribution is -2.34. The molecule has 0 radical (unpaired) electrons. The molecule has 4 nitrogen and oxygen atoms in total. The number of rotatable bonds is 2. The van der Waals surface area contributed by atoms with E-state index in [1.165, 1.54) is 23.1 Å². The molecular weight excluding hydrogens is 317 g/mol. The minimum Gasteiger partial charge on any atom is -0.481 e. The number of carbonyl (C=O) groups is 2. The summed E-state index contributed by atoms with van der Waals surface area (Å²) in [6.07, 6.45) is 0.427. The molecule has 1 saturated heterocycles. The molecule has 0 saturated carbocycles. The topological polar surface area (TPSA) is 57.6 Å². The molecule has 0 aromatic heterocycles. The molecule has 1 aromatic rings. The zero-order valence-electron chi connectivity index (χ0n) is 10.3. The van der Waals surface area contributed by atoms with Crippen molar-refractivity contribution in [2.45, 2.75) is 13.3 Å². The maximum atomic E-state index is 13.1. The number of likely N-dealkylation sites (tertiary alicyclic amines) is 1. The molecule has 1 atom stereocenters. The van der Waals surface area contributed by atoms with Crippen LogP contribution in [-0.4, -0.2) is 35.0 Å². The first-order valence-corrected chi connectivity index (χ1v) is 6.60. The summed E-state index contributed by atoms with van der Waals surface area (Å²) in [6.45, 7) is 2.20. The van der Waals surface area contributed by atoms with E-state index in [0.29, 0.717) is 18.5 Å². The van der Waals surface area contributed by atoms with Gasteiger partial charge in [0.2, 0.25) is 0 Å². The number of carboxylic acids is 1. The summed E-state index contributed by atoms with van der Waals surface area (Å²) in [5.41, 5.74) is -0.546. The highest BCUT2D eigenvalue weighted by molar-refractivity contribution is 9.10. The number of carboxylic acid groups (broad SMARTS) is 1. The monoisotopic (exact) mass is 329 g/mol. The van der Waals surface area contributed by atoms with Crippen LogP contribution in [0.3, 0.4) is 0 Å². The van der Waals surface area contributed by atoms with E-state index in [4.69, 9.17) is 5.11 Å². The number of halogens is 2. The minimum absolute atomic E-state index is 0.177. The number of amides is 1. The van der Waals surface area contributed by atoms with Crippen LogP contribution in [0.1, 0.15) is 23.7 Å². The van der Waals surface area contributed by atoms with Gasteiger partial charge in [-0.15, -0.1) is 0 Å². The number of hydrogen-bond donors (Lipinski definition) is 1. The van der Waals surface area contributed by atoms with Gasteiger partial charge in [0.25, 0.3) is 5.91 Å². The number of carbonyl (C=O) groups excluding carboxylic acids is 1. The van der Waals surface area contributed by atoms with Crippen molar-refractivity contribution in [1.82, 2.24) is 4.90 Å². The smallest absolute Gasteiger partial charge is 0.311 e. The molecule has 1 N–H and O–H groups in total. The lowest BCUT2D eigenvalue weighted by molar-refractivity contribution is -0.147. The Labute approximate surface area is 118 Å². The van der Waals surface area contributed by atoms with E-state index in [2.05, 4.69) is 15.9 Å². The second kappa shape index (κ2) is 4.92. The fraction of sp³-hybridized carbons (Fsp3) is 0.385. The highest BCUT2D eigenvalue weighted by atomic mass is 79.9. The van der Waals surface area contributed by atoms with Crippen molar-refractivity contribution in [3.8, 4) is 0 Å². The zero-order valence-corrected chi connectivity index (χ0v) is 11.9. The molecule has 1 amide bonds. The summed E-state index contributed by atoms with van der Waals surface area (Å²) in [7, 11) is 0. The third-order valence-electron chi connectivity index (χ3n) is 3.44. The molecule has 2 rings (SSSR count). The van der Waals surface area contributed by atoms with Gasteiger partial charge in [0.15, 0.2) is 0 Å². The van der Waals surface area contributed by atoms with Gasteiger partial charge in [-0.05, 0) is 47.5 Å². The summed E-state index contributed by atoms with van der Waals surface area (Å²) in [6, 6.07) is 4.02. The van der Waals surface area contributed by atoms with E-state index in [0.717, 1.165) is 0 Å². The van der Waals surface area contributed by atoms with Gasteiger partial charge < -0.3 is 10.0 Å². The molecule has 0 spiro atoms. The molecular formula is C13H13BrFNO3. The van der Waals surface area contributed by atoms with Crippen LogP contribution < -0.4 is 0 Å². The Morgan fingerprint density at radius 2 is 2.16 bits per heavy atom. The summed E-state index contributed by atoms with van der Waals surface area (Å²) >= 11 is 3.03. The third kappa shape index (κ3) is 2.63. The van der Waals surface area contributed by atoms with Crippen LogP contribution in [-0.2, 0) is 4.79 Å². The van der Waals surface area contributed by atoms with Gasteiger partial charge in [0, 0.05) is 18.7 Å². The van der Waals surface area contributed by atoms with Crippen LogP contribution >= 0.6 is 15.9 Å². The van der Waals surface area contributed by atoms with Crippen LogP contribution in [0.25, 0.3) is 0 Å². The van der Waals surface area contributed by atoms with Crippen molar-refractivity contribution in [3.05, 3.63) is 34.1 Å². The van der Waals surface area contributed by atoms with Crippen molar-refractivity contribution in [2.24, 2.45) is 5.41 Å². The Morgan fingerprint density at radius 3 is 2.68 bits per heavy atom. The molecule has 102 valence electrons. The number of benzene rings is 1. The first-order chi connectivity index (χ1) is 8.83. The average Bonchev–Trinajstić information content (AvgIpc) is 2.76. The molecule has 6 heteroatoms. The van der Waals surface area contributed by atoms with Gasteiger partial charge in [-0.3, -0.25) is 9.59 Å². The van der Waals surface area contributed by atoms with Crippen LogP contribution in [0.2, 0.25) is 0 Å². The van der Waals surface area contributed by atoms with E-state index in [-0.39, 0.29) is 16.9 Å². The summed E-state index contributed by atoms with van der Waals surface area (Å²) in [5.74, 6) is -1.61. The minimum atomic E-state index is -0.900. The summed E-state index contributed by atoms with van der Waals surface area (Å²) < 4.78 is 13.3. The Hall–Kier alpha value is -1.43. The van der Waals surface area contributed by atoms with Crippen molar-refractivity contribution in [3.63, 3.8) is 0 Å². The van der Waals surface area contributed by atoms with Crippen molar-refractivity contribution in [1.29, 1.82) is 0 Å². The number of aliphatic carboxylic acids is 1. The number of hydrogen-bond acceptors (Lipinski definition) is 2. The van der Waals surface area contributed by atoms with Gasteiger partial charge >= 0.3 is 5.97 Å². The fourth-order valence-corrected chi connectivity index (χ4v) is 2.50. The first-order valence-electron chi connectivity index (χ1n) is 5.81. The maximum absolute atomic E-state index is 13.1. The fourth-order valence-electron chi connectivity index (χ4n) is 2.12. The van der Waals surface area contributed by atoms with E-state index < -0.39 is 17.2 Å². The van der Waals surface area contributed by atoms with E-state index >= 15 is 0 Å². The number of nitrogens with zero attached hydrogens (tertiary/aromatic N) is 1. The normalized spacial score (nSPS) is 22.6. The molecule has 1 fully saturated rings. The summed E-state index contributed by atoms with van der Waals surface area (Å²) in [4.78, 5) is 24.8. The predicted molar refractivity (Wildman–Crippen MR) is 70.4 cm³/mol. The third-order valence-corrected chi connectivity index (χ3v) is 4.05. The van der Waals surface area contributed by atoms with Gasteiger partial charge in [0.1, 0.15) is 5.82 Å². The Bertz CT molecular complexity index is 549. The Balaban J connectivity index is 2.18. The second-order valence-electron chi connectivity index (χ2n) is 4.97. The Kier molecular flexibility index (Phi) is 3.62. The SMILES string of the molecule is CC1(C(=O)O)CCN(C(=O)c2ccc(F)c(Br)c2)C1. The van der Waals surface area contributed by atoms with Gasteiger partial charge in [0.05, 0.1) is 9.89 Å².